The average molecular weight is 307 g/mol. The molecule has 1 N–H and O–H groups in total. The molecule has 0 saturated heterocycles. The monoisotopic (exact) mass is 306 g/mol. The Hall–Kier alpha value is -2.27. The molecule has 1 aromatic rings. The van der Waals surface area contributed by atoms with Crippen LogP contribution in [0.1, 0.15) is 10.4 Å². The van der Waals surface area contributed by atoms with Crippen LogP contribution in [0.15, 0.2) is 12.1 Å². The van der Waals surface area contributed by atoms with E-state index in [-0.39, 0.29) is 10.1 Å². The van der Waals surface area contributed by atoms with Gasteiger partial charge < -0.3 is 5.11 Å². The van der Waals surface area contributed by atoms with E-state index in [0.29, 0.717) is 0 Å². The Labute approximate surface area is 116 Å². The molecule has 0 aromatic carbocycles. The lowest BCUT2D eigenvalue weighted by Gasteiger charge is -2.22. The summed E-state index contributed by atoms with van der Waals surface area (Å²) >= 11 is 5.51. The molecule has 0 radical (unpaired) electrons. The number of alkyl halides is 3. The fourth-order valence-corrected chi connectivity index (χ4v) is 1.43. The lowest BCUT2D eigenvalue weighted by molar-refractivity contribution is -0.170. The number of anilines is 1. The van der Waals surface area contributed by atoms with Crippen molar-refractivity contribution in [3.05, 3.63) is 22.8 Å². The maximum atomic E-state index is 12.5. The smallest absolute Gasteiger partial charge is 0.471 e. The van der Waals surface area contributed by atoms with Crippen molar-refractivity contribution in [1.29, 1.82) is 0 Å². The minimum atomic E-state index is -5.23. The molecule has 0 fully saturated rings. The molecule has 0 spiro atoms. The molecule has 0 saturated carbocycles. The Bertz CT molecular complexity index is 596. The van der Waals surface area contributed by atoms with Gasteiger partial charge in [0.25, 0.3) is 0 Å². The highest BCUT2D eigenvalue weighted by atomic mass is 35.5. The summed E-state index contributed by atoms with van der Waals surface area (Å²) in [5, 5.41) is 8.63. The third-order valence-electron chi connectivity index (χ3n) is 2.06. The van der Waals surface area contributed by atoms with Crippen molar-refractivity contribution in [3.8, 4) is 12.3 Å². The Morgan fingerprint density at radius 2 is 2.05 bits per heavy atom. The van der Waals surface area contributed by atoms with Crippen LogP contribution in [0.3, 0.4) is 0 Å². The van der Waals surface area contributed by atoms with Crippen molar-refractivity contribution in [2.45, 2.75) is 6.18 Å². The maximum absolute atomic E-state index is 12.5. The van der Waals surface area contributed by atoms with Gasteiger partial charge in [-0.15, -0.1) is 6.42 Å². The summed E-state index contributed by atoms with van der Waals surface area (Å²) < 4.78 is 37.4. The zero-order valence-electron chi connectivity index (χ0n) is 9.61. The number of aromatic nitrogens is 1. The average Bonchev–Trinajstić information content (AvgIpc) is 2.33. The molecule has 106 valence electrons. The first kappa shape index (κ1) is 15.8. The zero-order valence-corrected chi connectivity index (χ0v) is 10.4. The summed E-state index contributed by atoms with van der Waals surface area (Å²) in [7, 11) is 0. The van der Waals surface area contributed by atoms with Gasteiger partial charge in [0.05, 0.1) is 6.54 Å². The second-order valence-corrected chi connectivity index (χ2v) is 3.79. The number of hydrogen-bond donors (Lipinski definition) is 1. The van der Waals surface area contributed by atoms with E-state index >= 15 is 0 Å². The summed E-state index contributed by atoms with van der Waals surface area (Å²) in [6.45, 7) is -0.800. The van der Waals surface area contributed by atoms with E-state index in [0.717, 1.165) is 12.1 Å². The minimum absolute atomic E-state index is 0.0370. The molecule has 0 aliphatic carbocycles. The molecule has 0 bridgehead atoms. The second kappa shape index (κ2) is 5.79. The van der Waals surface area contributed by atoms with Crippen molar-refractivity contribution in [2.75, 3.05) is 11.4 Å². The van der Waals surface area contributed by atoms with Crippen molar-refractivity contribution in [1.82, 2.24) is 4.98 Å². The lowest BCUT2D eigenvalue weighted by Crippen LogP contribution is -2.42. The predicted octanol–water partition coefficient (Wildman–Crippen LogP) is 1.96. The van der Waals surface area contributed by atoms with Crippen LogP contribution in [0.2, 0.25) is 5.15 Å². The summed E-state index contributed by atoms with van der Waals surface area (Å²) in [4.78, 5) is 25.7. The number of carboxylic acids is 1. The van der Waals surface area contributed by atoms with Gasteiger partial charge >= 0.3 is 18.1 Å². The molecule has 0 unspecified atom stereocenters. The summed E-state index contributed by atoms with van der Waals surface area (Å²) in [5.41, 5.74) is -0.623. The fourth-order valence-electron chi connectivity index (χ4n) is 1.29. The highest BCUT2D eigenvalue weighted by Gasteiger charge is 2.44. The Kier molecular flexibility index (Phi) is 4.57. The van der Waals surface area contributed by atoms with E-state index in [4.69, 9.17) is 23.1 Å². The van der Waals surface area contributed by atoms with Crippen LogP contribution in [0.4, 0.5) is 19.0 Å². The molecular formula is C11H6ClF3N2O3. The highest BCUT2D eigenvalue weighted by molar-refractivity contribution is 6.29. The van der Waals surface area contributed by atoms with Crippen LogP contribution < -0.4 is 4.90 Å². The van der Waals surface area contributed by atoms with Gasteiger partial charge in [-0.1, -0.05) is 17.5 Å². The number of terminal acetylenes is 1. The molecule has 1 rings (SSSR count). The summed E-state index contributed by atoms with van der Waals surface area (Å²) in [6.07, 6.45) is -0.333. The quantitative estimate of drug-likeness (QED) is 0.684. The van der Waals surface area contributed by atoms with Crippen LogP contribution >= 0.6 is 11.6 Å². The molecule has 0 atom stereocenters. The predicted molar refractivity (Wildman–Crippen MR) is 63.4 cm³/mol. The molecule has 0 aliphatic heterocycles. The van der Waals surface area contributed by atoms with Crippen LogP contribution in [0.5, 0.6) is 0 Å². The molecule has 1 amide bonds. The lowest BCUT2D eigenvalue weighted by atomic mass is 10.2. The van der Waals surface area contributed by atoms with Crippen molar-refractivity contribution >= 4 is 29.3 Å². The van der Waals surface area contributed by atoms with Crippen LogP contribution in [-0.2, 0) is 4.79 Å². The van der Waals surface area contributed by atoms with Gasteiger partial charge in [0.2, 0.25) is 0 Å². The fraction of sp³-hybridized carbons (Fsp3) is 0.182. The first-order valence-corrected chi connectivity index (χ1v) is 5.28. The normalized spacial score (nSPS) is 10.8. The summed E-state index contributed by atoms with van der Waals surface area (Å²) in [6, 6.07) is 2.00. The van der Waals surface area contributed by atoms with Gasteiger partial charge in [0.1, 0.15) is 10.7 Å². The number of amides is 1. The van der Waals surface area contributed by atoms with E-state index in [1.807, 2.05) is 5.92 Å². The minimum Gasteiger partial charge on any atom is -0.478 e. The van der Waals surface area contributed by atoms with Crippen molar-refractivity contribution in [2.24, 2.45) is 0 Å². The largest absolute Gasteiger partial charge is 0.478 e. The number of pyridine rings is 1. The third kappa shape index (κ3) is 3.39. The molecule has 9 heteroatoms. The molecule has 20 heavy (non-hydrogen) atoms. The highest BCUT2D eigenvalue weighted by Crippen LogP contribution is 2.26. The van der Waals surface area contributed by atoms with Gasteiger partial charge in [-0.05, 0) is 12.1 Å². The van der Waals surface area contributed by atoms with Gasteiger partial charge in [-0.3, -0.25) is 9.69 Å². The molecule has 5 nitrogen and oxygen atoms in total. The Balaban J connectivity index is 3.43. The number of carbonyl (C=O) groups excluding carboxylic acids is 1. The van der Waals surface area contributed by atoms with Crippen molar-refractivity contribution in [3.63, 3.8) is 0 Å². The molecule has 1 aromatic heterocycles. The number of aromatic carboxylic acids is 1. The molecule has 0 aliphatic rings. The van der Waals surface area contributed by atoms with E-state index in [1.54, 1.807) is 0 Å². The van der Waals surface area contributed by atoms with E-state index < -0.39 is 36.0 Å². The van der Waals surface area contributed by atoms with E-state index in [9.17, 15) is 22.8 Å². The van der Waals surface area contributed by atoms with E-state index in [1.165, 1.54) is 0 Å². The third-order valence-corrected chi connectivity index (χ3v) is 2.27. The number of carboxylic acid groups (broad SMARTS) is 1. The number of rotatable bonds is 3. The molecule has 1 heterocycles. The topological polar surface area (TPSA) is 70.5 Å². The van der Waals surface area contributed by atoms with Crippen LogP contribution in [-0.4, -0.2) is 34.7 Å². The first-order chi connectivity index (χ1) is 9.18. The zero-order chi connectivity index (χ0) is 15.5. The first-order valence-electron chi connectivity index (χ1n) is 4.90. The van der Waals surface area contributed by atoms with Crippen LogP contribution in [0, 0.1) is 12.3 Å². The Morgan fingerprint density at radius 3 is 2.50 bits per heavy atom. The molecular weight excluding hydrogens is 301 g/mol. The number of halogens is 4. The number of carbonyl (C=O) groups is 2. The van der Waals surface area contributed by atoms with Gasteiger partial charge in [-0.25, -0.2) is 9.78 Å². The standard InChI is InChI=1S/C11H6ClF3N2O3/c1-2-5-17(10(20)11(13,14)15)8-6(9(18)19)3-4-7(12)16-8/h1,3-4H,5H2,(H,18,19). The Morgan fingerprint density at radius 1 is 1.45 bits per heavy atom. The number of nitrogens with zero attached hydrogens (tertiary/aromatic N) is 2. The van der Waals surface area contributed by atoms with Crippen LogP contribution in [0.25, 0.3) is 0 Å². The van der Waals surface area contributed by atoms with Gasteiger partial charge in [0.15, 0.2) is 5.82 Å². The second-order valence-electron chi connectivity index (χ2n) is 3.40. The number of hydrogen-bond acceptors (Lipinski definition) is 3. The SMILES string of the molecule is C#CCN(C(=O)C(F)(F)F)c1nc(Cl)ccc1C(=O)O. The van der Waals surface area contributed by atoms with Gasteiger partial charge in [-0.2, -0.15) is 13.2 Å². The van der Waals surface area contributed by atoms with Gasteiger partial charge in [0, 0.05) is 0 Å². The summed E-state index contributed by atoms with van der Waals surface area (Å²) in [5.74, 6) is -2.82. The van der Waals surface area contributed by atoms with E-state index in [2.05, 4.69) is 4.98 Å². The maximum Gasteiger partial charge on any atom is 0.471 e. The van der Waals surface area contributed by atoms with Crippen molar-refractivity contribution < 1.29 is 27.9 Å².